The maximum Gasteiger partial charge on any atom is 0.347 e. The lowest BCUT2D eigenvalue weighted by Gasteiger charge is -2.07. The summed E-state index contributed by atoms with van der Waals surface area (Å²) in [7, 11) is 1.48. The number of methoxy groups -OCH3 is 1. The second-order valence-corrected chi connectivity index (χ2v) is 6.51. The molecule has 1 aliphatic heterocycles. The van der Waals surface area contributed by atoms with Gasteiger partial charge in [0, 0.05) is 36.3 Å². The van der Waals surface area contributed by atoms with Crippen molar-refractivity contribution in [2.45, 2.75) is 0 Å². The number of esters is 1. The maximum atomic E-state index is 13.2. The number of ether oxygens (including phenoxy) is 2. The molecule has 2 N–H and O–H groups in total. The number of aliphatic imine (C=N–C) groups is 1. The van der Waals surface area contributed by atoms with Gasteiger partial charge in [0.15, 0.2) is 22.9 Å². The topological polar surface area (TPSA) is 106 Å². The van der Waals surface area contributed by atoms with Gasteiger partial charge in [-0.1, -0.05) is 0 Å². The fourth-order valence-corrected chi connectivity index (χ4v) is 2.95. The molecule has 0 saturated heterocycles. The summed E-state index contributed by atoms with van der Waals surface area (Å²) in [6.45, 7) is 0.195. The van der Waals surface area contributed by atoms with Crippen molar-refractivity contribution in [1.82, 2.24) is 4.98 Å². The van der Waals surface area contributed by atoms with Crippen LogP contribution in [-0.4, -0.2) is 42.6 Å². The largest absolute Gasteiger partial charge is 0.504 e. The van der Waals surface area contributed by atoms with E-state index in [2.05, 4.69) is 15.3 Å². The number of halogens is 1. The highest BCUT2D eigenvalue weighted by Gasteiger charge is 2.27. The number of aromatic nitrogens is 1. The van der Waals surface area contributed by atoms with Crippen molar-refractivity contribution >= 4 is 41.2 Å². The van der Waals surface area contributed by atoms with Gasteiger partial charge in [-0.25, -0.2) is 19.2 Å². The Morgan fingerprint density at radius 1 is 1.26 bits per heavy atom. The zero-order valence-corrected chi connectivity index (χ0v) is 16.5. The van der Waals surface area contributed by atoms with Crippen LogP contribution in [0.5, 0.6) is 5.75 Å². The highest BCUT2D eigenvalue weighted by atomic mass is 19.1. The average molecular weight is 423 g/mol. The molecular weight excluding hydrogens is 405 g/mol. The summed E-state index contributed by atoms with van der Waals surface area (Å²) in [5, 5.41) is 13.6. The Balaban J connectivity index is 1.71. The van der Waals surface area contributed by atoms with Gasteiger partial charge in [-0.2, -0.15) is 0 Å². The molecule has 0 fully saturated rings. The van der Waals surface area contributed by atoms with Gasteiger partial charge < -0.3 is 24.3 Å². The second kappa shape index (κ2) is 8.80. The van der Waals surface area contributed by atoms with Crippen LogP contribution in [0.4, 0.5) is 21.8 Å². The Bertz CT molecular complexity index is 1170. The lowest BCUT2D eigenvalue weighted by molar-refractivity contribution is 0.0386. The highest BCUT2D eigenvalue weighted by molar-refractivity contribution is 6.21. The number of anilines is 2. The van der Waals surface area contributed by atoms with E-state index in [1.165, 1.54) is 31.4 Å². The van der Waals surface area contributed by atoms with Crippen molar-refractivity contribution in [3.63, 3.8) is 0 Å². The van der Waals surface area contributed by atoms with Crippen LogP contribution >= 0.6 is 0 Å². The number of pyridine rings is 1. The van der Waals surface area contributed by atoms with E-state index in [0.717, 1.165) is 5.56 Å². The van der Waals surface area contributed by atoms with Crippen LogP contribution in [0.1, 0.15) is 21.7 Å². The minimum atomic E-state index is -0.797. The standard InChI is InChI=1S/C22H18FN3O5/c1-29-9-10-30-22(28)18-19(27)17(11-13-12-25-20-16(13)3-2-8-24-20)31-21(18)26-15-6-4-14(23)5-7-15/h2-8,11-12,26-27H,9-10H2,1H3. The molecule has 8 nitrogen and oxygen atoms in total. The number of furan rings is 1. The molecule has 0 bridgehead atoms. The Kier molecular flexibility index (Phi) is 5.76. The fourth-order valence-electron chi connectivity index (χ4n) is 2.95. The number of fused-ring (bicyclic) bond motifs is 1. The van der Waals surface area contributed by atoms with E-state index in [4.69, 9.17) is 13.9 Å². The van der Waals surface area contributed by atoms with Gasteiger partial charge >= 0.3 is 5.97 Å². The number of benzene rings is 1. The van der Waals surface area contributed by atoms with Crippen LogP contribution < -0.4 is 5.32 Å². The van der Waals surface area contributed by atoms with Gasteiger partial charge in [0.25, 0.3) is 0 Å². The lowest BCUT2D eigenvalue weighted by Crippen LogP contribution is -2.10. The molecule has 2 aromatic heterocycles. The first-order valence-electron chi connectivity index (χ1n) is 9.32. The van der Waals surface area contributed by atoms with Crippen LogP contribution in [0.2, 0.25) is 0 Å². The summed E-state index contributed by atoms with van der Waals surface area (Å²) in [6, 6.07) is 9.05. The van der Waals surface area contributed by atoms with Crippen LogP contribution in [0.15, 0.2) is 52.0 Å². The summed E-state index contributed by atoms with van der Waals surface area (Å²) < 4.78 is 29.0. The van der Waals surface area contributed by atoms with E-state index in [-0.39, 0.29) is 30.4 Å². The van der Waals surface area contributed by atoms with E-state index in [0.29, 0.717) is 17.1 Å². The molecule has 0 radical (unpaired) electrons. The molecule has 3 heterocycles. The predicted octanol–water partition coefficient (Wildman–Crippen LogP) is 4.32. The normalized spacial score (nSPS) is 13.4. The first-order chi connectivity index (χ1) is 15.1. The van der Waals surface area contributed by atoms with Gasteiger partial charge in [-0.15, -0.1) is 0 Å². The smallest absolute Gasteiger partial charge is 0.347 e. The number of rotatable bonds is 7. The molecule has 0 amide bonds. The zero-order valence-electron chi connectivity index (χ0n) is 16.5. The lowest BCUT2D eigenvalue weighted by atomic mass is 10.1. The molecule has 4 rings (SSSR count). The van der Waals surface area contributed by atoms with Crippen molar-refractivity contribution in [1.29, 1.82) is 0 Å². The zero-order chi connectivity index (χ0) is 21.8. The van der Waals surface area contributed by atoms with E-state index in [1.807, 2.05) is 6.07 Å². The van der Waals surface area contributed by atoms with Gasteiger partial charge in [0.1, 0.15) is 12.4 Å². The van der Waals surface area contributed by atoms with E-state index < -0.39 is 17.5 Å². The van der Waals surface area contributed by atoms with Gasteiger partial charge in [0.05, 0.1) is 6.61 Å². The molecular formula is C22H18FN3O5. The number of hydrogen-bond acceptors (Lipinski definition) is 8. The summed E-state index contributed by atoms with van der Waals surface area (Å²) in [5.41, 5.74) is 1.68. The molecule has 1 aromatic carbocycles. The molecule has 31 heavy (non-hydrogen) atoms. The minimum absolute atomic E-state index is 0.00192. The second-order valence-electron chi connectivity index (χ2n) is 6.51. The Labute approximate surface area is 176 Å². The number of carbonyl (C=O) groups is 1. The van der Waals surface area contributed by atoms with Gasteiger partial charge in [0.2, 0.25) is 5.88 Å². The molecule has 0 spiro atoms. The molecule has 0 saturated carbocycles. The van der Waals surface area contributed by atoms with Crippen molar-refractivity contribution < 1.29 is 28.2 Å². The monoisotopic (exact) mass is 423 g/mol. The molecule has 0 aliphatic carbocycles. The van der Waals surface area contributed by atoms with Crippen LogP contribution in [0.25, 0.3) is 11.6 Å². The summed E-state index contributed by atoms with van der Waals surface area (Å²) >= 11 is 0. The number of hydrogen-bond donors (Lipinski definition) is 2. The SMILES string of the molecule is COCCOC(=O)c1c(Nc2ccc(F)cc2)oc(C=C2C=Nc3ncccc32)c1O. The van der Waals surface area contributed by atoms with E-state index >= 15 is 0 Å². The van der Waals surface area contributed by atoms with Crippen molar-refractivity contribution in [3.05, 3.63) is 65.3 Å². The molecule has 1 aliphatic rings. The van der Waals surface area contributed by atoms with Crippen molar-refractivity contribution in [2.75, 3.05) is 25.6 Å². The maximum absolute atomic E-state index is 13.2. The molecule has 158 valence electrons. The molecule has 0 atom stereocenters. The van der Waals surface area contributed by atoms with Crippen LogP contribution in [0, 0.1) is 5.82 Å². The Hall–Kier alpha value is -3.98. The van der Waals surface area contributed by atoms with Gasteiger partial charge in [-0.05, 0) is 42.5 Å². The third-order valence-corrected chi connectivity index (χ3v) is 4.45. The van der Waals surface area contributed by atoms with Crippen LogP contribution in [-0.2, 0) is 9.47 Å². The molecule has 0 unspecified atom stereocenters. The van der Waals surface area contributed by atoms with E-state index in [9.17, 15) is 14.3 Å². The number of carbonyl (C=O) groups excluding carboxylic acids is 1. The first kappa shape index (κ1) is 20.3. The summed E-state index contributed by atoms with van der Waals surface area (Å²) in [6.07, 6.45) is 4.76. The number of nitrogens with zero attached hydrogens (tertiary/aromatic N) is 2. The number of aromatic hydroxyl groups is 1. The minimum Gasteiger partial charge on any atom is -0.504 e. The fraction of sp³-hybridized carbons (Fsp3) is 0.136. The van der Waals surface area contributed by atoms with E-state index in [1.54, 1.807) is 24.6 Å². The Morgan fingerprint density at radius 3 is 2.84 bits per heavy atom. The number of nitrogens with one attached hydrogen (secondary N) is 1. The van der Waals surface area contributed by atoms with Crippen molar-refractivity contribution in [2.24, 2.45) is 4.99 Å². The van der Waals surface area contributed by atoms with Gasteiger partial charge in [-0.3, -0.25) is 0 Å². The molecule has 3 aromatic rings. The summed E-state index contributed by atoms with van der Waals surface area (Å²) in [4.78, 5) is 21.0. The average Bonchev–Trinajstić information content (AvgIpc) is 3.31. The highest BCUT2D eigenvalue weighted by Crippen LogP contribution is 2.39. The predicted molar refractivity (Wildman–Crippen MR) is 112 cm³/mol. The van der Waals surface area contributed by atoms with Crippen molar-refractivity contribution in [3.8, 4) is 5.75 Å². The third kappa shape index (κ3) is 4.31. The third-order valence-electron chi connectivity index (χ3n) is 4.45. The first-order valence-corrected chi connectivity index (χ1v) is 9.32. The van der Waals surface area contributed by atoms with Crippen LogP contribution in [0.3, 0.4) is 0 Å². The summed E-state index contributed by atoms with van der Waals surface area (Å²) in [5.74, 6) is -1.07. The Morgan fingerprint density at radius 2 is 2.06 bits per heavy atom. The molecule has 9 heteroatoms. The number of allylic oxidation sites excluding steroid dienone is 1. The quantitative estimate of drug-likeness (QED) is 0.430.